The maximum absolute atomic E-state index is 2.51. The predicted octanol–water partition coefficient (Wildman–Crippen LogP) is 7.86. The summed E-state index contributed by atoms with van der Waals surface area (Å²) in [6, 6.07) is 7.30. The van der Waals surface area contributed by atoms with E-state index < -0.39 is 0 Å². The van der Waals surface area contributed by atoms with Crippen molar-refractivity contribution in [1.82, 2.24) is 0 Å². The fourth-order valence-electron chi connectivity index (χ4n) is 3.63. The van der Waals surface area contributed by atoms with Crippen LogP contribution in [0.15, 0.2) is 18.2 Å². The first-order valence-corrected chi connectivity index (χ1v) is 10.9. The van der Waals surface area contributed by atoms with Crippen molar-refractivity contribution in [1.29, 1.82) is 0 Å². The Balaban J connectivity index is 3.37. The van der Waals surface area contributed by atoms with Gasteiger partial charge in [0.15, 0.2) is 0 Å². The Morgan fingerprint density at radius 3 is 1.38 bits per heavy atom. The molecule has 0 fully saturated rings. The van der Waals surface area contributed by atoms with Crippen LogP contribution in [-0.4, -0.2) is 10.3 Å². The molecule has 1 heteroatoms. The van der Waals surface area contributed by atoms with E-state index in [0.717, 1.165) is 0 Å². The van der Waals surface area contributed by atoms with E-state index in [4.69, 9.17) is 0 Å². The Hall–Kier alpha value is -0.350. The van der Waals surface area contributed by atoms with Gasteiger partial charge in [-0.25, -0.2) is 0 Å². The molecule has 0 bridgehead atoms. The standard InChI is InChI=1S/C23H41P/c1-20(2,3)18-14-13-17(15-19(18)21(4,5)6)16-24(22(7,8)9)23(10,11)12/h13-15H,16H2,1-12H3. The van der Waals surface area contributed by atoms with Crippen molar-refractivity contribution in [3.05, 3.63) is 34.9 Å². The second-order valence-corrected chi connectivity index (χ2v) is 15.2. The molecule has 0 aliphatic carbocycles. The van der Waals surface area contributed by atoms with Crippen molar-refractivity contribution >= 4 is 7.92 Å². The van der Waals surface area contributed by atoms with Crippen molar-refractivity contribution in [2.24, 2.45) is 0 Å². The summed E-state index contributed by atoms with van der Waals surface area (Å²) in [7, 11) is -0.105. The van der Waals surface area contributed by atoms with Gasteiger partial charge in [0, 0.05) is 0 Å². The van der Waals surface area contributed by atoms with Crippen LogP contribution in [0.25, 0.3) is 0 Å². The van der Waals surface area contributed by atoms with Crippen LogP contribution >= 0.6 is 7.92 Å². The van der Waals surface area contributed by atoms with Gasteiger partial charge in [-0.05, 0) is 44.0 Å². The molecule has 0 unspecified atom stereocenters. The topological polar surface area (TPSA) is 0 Å². The fraction of sp³-hybridized carbons (Fsp3) is 0.739. The summed E-state index contributed by atoms with van der Waals surface area (Å²) >= 11 is 0. The lowest BCUT2D eigenvalue weighted by Crippen LogP contribution is -2.26. The summed E-state index contributed by atoms with van der Waals surface area (Å²) in [5, 5.41) is 0.746. The molecule has 0 N–H and O–H groups in total. The Bertz CT molecular complexity index is 540. The lowest BCUT2D eigenvalue weighted by Gasteiger charge is -2.42. The van der Waals surface area contributed by atoms with Gasteiger partial charge in [-0.2, -0.15) is 0 Å². The molecule has 0 saturated carbocycles. The molecule has 1 rings (SSSR count). The van der Waals surface area contributed by atoms with Crippen LogP contribution in [0.3, 0.4) is 0 Å². The van der Waals surface area contributed by atoms with Crippen molar-refractivity contribution in [3.8, 4) is 0 Å². The van der Waals surface area contributed by atoms with Crippen LogP contribution in [0.2, 0.25) is 0 Å². The zero-order valence-electron chi connectivity index (χ0n) is 18.4. The molecule has 0 saturated heterocycles. The minimum atomic E-state index is -0.105. The van der Waals surface area contributed by atoms with E-state index >= 15 is 0 Å². The molecule has 24 heavy (non-hydrogen) atoms. The number of rotatable bonds is 2. The molecule has 0 aromatic heterocycles. The lowest BCUT2D eigenvalue weighted by molar-refractivity contribution is 0.529. The van der Waals surface area contributed by atoms with Crippen LogP contribution < -0.4 is 0 Å². The van der Waals surface area contributed by atoms with Gasteiger partial charge >= 0.3 is 0 Å². The lowest BCUT2D eigenvalue weighted by atomic mass is 9.75. The third kappa shape index (κ3) is 5.59. The first kappa shape index (κ1) is 21.7. The van der Waals surface area contributed by atoms with Crippen LogP contribution in [0, 0.1) is 0 Å². The molecule has 0 aliphatic rings. The van der Waals surface area contributed by atoms with E-state index in [9.17, 15) is 0 Å². The van der Waals surface area contributed by atoms with Gasteiger partial charge in [0.1, 0.15) is 0 Å². The highest BCUT2D eigenvalue weighted by atomic mass is 31.1. The van der Waals surface area contributed by atoms with Crippen LogP contribution in [0.5, 0.6) is 0 Å². The maximum Gasteiger partial charge on any atom is -0.00636 e. The van der Waals surface area contributed by atoms with Gasteiger partial charge in [0.2, 0.25) is 0 Å². The van der Waals surface area contributed by atoms with Gasteiger partial charge in [0.25, 0.3) is 0 Å². The van der Waals surface area contributed by atoms with E-state index in [1.165, 1.54) is 22.9 Å². The summed E-state index contributed by atoms with van der Waals surface area (Å²) in [5.41, 5.74) is 4.91. The Labute approximate surface area is 153 Å². The molecule has 1 aromatic rings. The van der Waals surface area contributed by atoms with Gasteiger partial charge in [0.05, 0.1) is 0 Å². The Kier molecular flexibility index (Phi) is 6.10. The van der Waals surface area contributed by atoms with E-state index in [1.54, 1.807) is 0 Å². The molecule has 1 aromatic carbocycles. The Morgan fingerprint density at radius 2 is 1.04 bits per heavy atom. The summed E-state index contributed by atoms with van der Waals surface area (Å²) < 4.78 is 0. The quantitative estimate of drug-likeness (QED) is 0.477. The number of benzene rings is 1. The van der Waals surface area contributed by atoms with Crippen molar-refractivity contribution in [2.75, 3.05) is 0 Å². The van der Waals surface area contributed by atoms with E-state index in [1.807, 2.05) is 0 Å². The molecule has 0 aliphatic heterocycles. The number of hydrogen-bond donors (Lipinski definition) is 0. The smallest absolute Gasteiger partial charge is 0.00636 e. The van der Waals surface area contributed by atoms with Gasteiger partial charge in [-0.3, -0.25) is 0 Å². The van der Waals surface area contributed by atoms with Crippen molar-refractivity contribution < 1.29 is 0 Å². The fourth-order valence-corrected chi connectivity index (χ4v) is 7.15. The van der Waals surface area contributed by atoms with E-state index in [2.05, 4.69) is 101 Å². The zero-order chi connectivity index (χ0) is 19.1. The molecule has 0 atom stereocenters. The predicted molar refractivity (Wildman–Crippen MR) is 114 cm³/mol. The third-order valence-corrected chi connectivity index (χ3v) is 8.58. The largest absolute Gasteiger partial charge is 0.0911 e. The van der Waals surface area contributed by atoms with Gasteiger partial charge in [-0.1, -0.05) is 109 Å². The Morgan fingerprint density at radius 1 is 0.625 bits per heavy atom. The summed E-state index contributed by atoms with van der Waals surface area (Å²) in [5.74, 6) is 0. The second kappa shape index (κ2) is 6.75. The number of hydrogen-bond acceptors (Lipinski definition) is 0. The molecule has 138 valence electrons. The van der Waals surface area contributed by atoms with Crippen molar-refractivity contribution in [2.45, 2.75) is 110 Å². The van der Waals surface area contributed by atoms with Crippen molar-refractivity contribution in [3.63, 3.8) is 0 Å². The minimum absolute atomic E-state index is 0.105. The van der Waals surface area contributed by atoms with Crippen LogP contribution in [0.4, 0.5) is 0 Å². The van der Waals surface area contributed by atoms with Crippen LogP contribution in [0.1, 0.15) is 99.8 Å². The normalized spacial score (nSPS) is 14.4. The third-order valence-electron chi connectivity index (χ3n) is 4.66. The summed E-state index contributed by atoms with van der Waals surface area (Å²) in [6.07, 6.45) is 1.22. The van der Waals surface area contributed by atoms with Gasteiger partial charge in [-0.15, -0.1) is 0 Å². The highest BCUT2D eigenvalue weighted by Crippen LogP contribution is 2.61. The first-order valence-electron chi connectivity index (χ1n) is 9.36. The molecular weight excluding hydrogens is 307 g/mol. The van der Waals surface area contributed by atoms with Gasteiger partial charge < -0.3 is 0 Å². The van der Waals surface area contributed by atoms with E-state index in [-0.39, 0.29) is 18.8 Å². The van der Waals surface area contributed by atoms with Crippen LogP contribution in [-0.2, 0) is 17.0 Å². The second-order valence-electron chi connectivity index (χ2n) is 11.3. The molecular formula is C23H41P. The molecule has 0 spiro atoms. The molecule has 0 radical (unpaired) electrons. The average Bonchev–Trinajstić information content (AvgIpc) is 2.30. The molecule has 0 nitrogen and oxygen atoms in total. The monoisotopic (exact) mass is 348 g/mol. The van der Waals surface area contributed by atoms with E-state index in [0.29, 0.717) is 10.3 Å². The maximum atomic E-state index is 2.51. The zero-order valence-corrected chi connectivity index (χ0v) is 19.3. The summed E-state index contributed by atoms with van der Waals surface area (Å²) in [4.78, 5) is 0. The molecule has 0 heterocycles. The first-order chi connectivity index (χ1) is 10.4. The molecule has 0 amide bonds. The average molecular weight is 349 g/mol. The summed E-state index contributed by atoms with van der Waals surface area (Å²) in [6.45, 7) is 28.5. The highest BCUT2D eigenvalue weighted by Gasteiger charge is 2.34. The minimum Gasteiger partial charge on any atom is -0.0911 e. The SMILES string of the molecule is CC(C)(C)c1ccc(CP(C(C)(C)C)C(C)(C)C)cc1C(C)(C)C. The highest BCUT2D eigenvalue weighted by molar-refractivity contribution is 7.60.